The minimum absolute atomic E-state index is 0.0328. The molecule has 7 unspecified atom stereocenters. The summed E-state index contributed by atoms with van der Waals surface area (Å²) in [6, 6.07) is 0. The number of aliphatic carboxylic acids is 1. The summed E-state index contributed by atoms with van der Waals surface area (Å²) in [5.41, 5.74) is 0. The molecule has 0 aliphatic carbocycles. The molecule has 9 heteroatoms. The van der Waals surface area contributed by atoms with Gasteiger partial charge in [-0.1, -0.05) is 26.2 Å². The second-order valence-electron chi connectivity index (χ2n) is 6.44. The normalized spacial score (nSPS) is 32.3. The maximum absolute atomic E-state index is 11.0. The highest BCUT2D eigenvalue weighted by Crippen LogP contribution is 2.25. The number of aliphatic hydroxyl groups excluding tert-OH is 5. The summed E-state index contributed by atoms with van der Waals surface area (Å²) in [5.74, 6) is -1.14. The van der Waals surface area contributed by atoms with Crippen molar-refractivity contribution in [1.82, 2.24) is 0 Å². The molecule has 0 aromatic carbocycles. The van der Waals surface area contributed by atoms with Crippen LogP contribution in [0.25, 0.3) is 0 Å². The van der Waals surface area contributed by atoms with Gasteiger partial charge in [0.1, 0.15) is 24.4 Å². The van der Waals surface area contributed by atoms with Gasteiger partial charge in [-0.05, 0) is 6.42 Å². The molecule has 1 heterocycles. The Morgan fingerprint density at radius 3 is 2.40 bits per heavy atom. The van der Waals surface area contributed by atoms with E-state index < -0.39 is 61.9 Å². The number of carbonyl (C=O) groups is 1. The molecule has 6 N–H and O–H groups in total. The second kappa shape index (κ2) is 11.0. The highest BCUT2D eigenvalue weighted by Gasteiger charge is 2.45. The van der Waals surface area contributed by atoms with Crippen molar-refractivity contribution in [1.29, 1.82) is 0 Å². The first kappa shape index (κ1) is 22.2. The fourth-order valence-corrected chi connectivity index (χ4v) is 2.80. The van der Waals surface area contributed by atoms with Gasteiger partial charge in [0, 0.05) is 6.42 Å². The summed E-state index contributed by atoms with van der Waals surface area (Å²) < 4.78 is 10.7. The topological polar surface area (TPSA) is 157 Å². The molecule has 0 saturated carbocycles. The maximum Gasteiger partial charge on any atom is 0.305 e. The molecule has 0 aromatic rings. The molecule has 9 nitrogen and oxygen atoms in total. The van der Waals surface area contributed by atoms with Crippen molar-refractivity contribution >= 4 is 5.97 Å². The van der Waals surface area contributed by atoms with Crippen LogP contribution in [-0.2, 0) is 14.3 Å². The van der Waals surface area contributed by atoms with Crippen LogP contribution in [0, 0.1) is 0 Å². The predicted molar refractivity (Wildman–Crippen MR) is 85.7 cm³/mol. The van der Waals surface area contributed by atoms with Crippen molar-refractivity contribution in [2.45, 2.75) is 88.4 Å². The lowest BCUT2D eigenvalue weighted by molar-refractivity contribution is -0.312. The maximum atomic E-state index is 11.0. The van der Waals surface area contributed by atoms with Gasteiger partial charge < -0.3 is 40.1 Å². The first-order valence-corrected chi connectivity index (χ1v) is 8.65. The van der Waals surface area contributed by atoms with Gasteiger partial charge >= 0.3 is 5.97 Å². The Bertz CT molecular complexity index is 390. The monoisotopic (exact) mass is 366 g/mol. The smallest absolute Gasteiger partial charge is 0.305 e. The Morgan fingerprint density at radius 2 is 1.84 bits per heavy atom. The zero-order valence-corrected chi connectivity index (χ0v) is 14.4. The molecular formula is C16H30O9. The number of aliphatic hydroxyl groups is 5. The van der Waals surface area contributed by atoms with E-state index in [1.165, 1.54) is 0 Å². The summed E-state index contributed by atoms with van der Waals surface area (Å²) in [7, 11) is 0. The van der Waals surface area contributed by atoms with Crippen LogP contribution in [0.5, 0.6) is 0 Å². The van der Waals surface area contributed by atoms with Crippen molar-refractivity contribution in [2.24, 2.45) is 0 Å². The number of hydrogen-bond donors (Lipinski definition) is 6. The molecule has 0 amide bonds. The Balaban J connectivity index is 2.67. The van der Waals surface area contributed by atoms with E-state index in [1.807, 2.05) is 6.92 Å². The Hall–Kier alpha value is -0.810. The van der Waals surface area contributed by atoms with Crippen molar-refractivity contribution in [3.8, 4) is 0 Å². The van der Waals surface area contributed by atoms with Crippen LogP contribution >= 0.6 is 0 Å². The number of rotatable bonds is 11. The van der Waals surface area contributed by atoms with Crippen molar-refractivity contribution in [3.63, 3.8) is 0 Å². The number of ether oxygens (including phenoxy) is 2. The molecule has 0 aromatic heterocycles. The standard InChI is InChI=1S/C16H30O9/c1-2-3-4-5-9(18)6-10(7-12(19)20)24-16-15(23)14(22)13(21)11(8-17)25-16/h9-11,13-18,21-23H,2-8H2,1H3,(H,19,20). The quantitative estimate of drug-likeness (QED) is 0.252. The van der Waals surface area contributed by atoms with Crippen molar-refractivity contribution in [2.75, 3.05) is 6.61 Å². The van der Waals surface area contributed by atoms with Crippen LogP contribution in [0.3, 0.4) is 0 Å². The van der Waals surface area contributed by atoms with Crippen molar-refractivity contribution in [3.05, 3.63) is 0 Å². The molecule has 0 radical (unpaired) electrons. The summed E-state index contributed by atoms with van der Waals surface area (Å²) in [5, 5.41) is 57.7. The van der Waals surface area contributed by atoms with Gasteiger partial charge in [0.2, 0.25) is 0 Å². The van der Waals surface area contributed by atoms with E-state index in [1.54, 1.807) is 0 Å². The second-order valence-corrected chi connectivity index (χ2v) is 6.44. The van der Waals surface area contributed by atoms with E-state index >= 15 is 0 Å². The number of carboxylic acid groups (broad SMARTS) is 1. The third-order valence-electron chi connectivity index (χ3n) is 4.25. The van der Waals surface area contributed by atoms with Gasteiger partial charge in [0.05, 0.1) is 25.2 Å². The third-order valence-corrected chi connectivity index (χ3v) is 4.25. The molecule has 1 rings (SSSR count). The lowest BCUT2D eigenvalue weighted by Crippen LogP contribution is -2.59. The van der Waals surface area contributed by atoms with Gasteiger partial charge in [-0.15, -0.1) is 0 Å². The fourth-order valence-electron chi connectivity index (χ4n) is 2.80. The van der Waals surface area contributed by atoms with Crippen LogP contribution < -0.4 is 0 Å². The molecule has 1 fully saturated rings. The Labute approximate surface area is 146 Å². The van der Waals surface area contributed by atoms with Crippen LogP contribution in [0.15, 0.2) is 0 Å². The van der Waals surface area contributed by atoms with E-state index in [2.05, 4.69) is 0 Å². The summed E-state index contributed by atoms with van der Waals surface area (Å²) in [4.78, 5) is 11.0. The van der Waals surface area contributed by atoms with E-state index in [0.29, 0.717) is 6.42 Å². The van der Waals surface area contributed by atoms with E-state index in [4.69, 9.17) is 19.7 Å². The molecule has 0 spiro atoms. The van der Waals surface area contributed by atoms with Gasteiger partial charge in [-0.3, -0.25) is 4.79 Å². The summed E-state index contributed by atoms with van der Waals surface area (Å²) >= 11 is 0. The molecule has 1 aliphatic rings. The molecule has 25 heavy (non-hydrogen) atoms. The van der Waals surface area contributed by atoms with Crippen LogP contribution in [0.2, 0.25) is 0 Å². The lowest BCUT2D eigenvalue weighted by Gasteiger charge is -2.40. The molecular weight excluding hydrogens is 336 g/mol. The highest BCUT2D eigenvalue weighted by molar-refractivity contribution is 5.67. The Morgan fingerprint density at radius 1 is 1.16 bits per heavy atom. The van der Waals surface area contributed by atoms with E-state index in [9.17, 15) is 25.2 Å². The van der Waals surface area contributed by atoms with E-state index in [0.717, 1.165) is 19.3 Å². The lowest BCUT2D eigenvalue weighted by atomic mass is 9.99. The molecule has 0 bridgehead atoms. The van der Waals surface area contributed by atoms with Crippen molar-refractivity contribution < 1.29 is 44.9 Å². The summed E-state index contributed by atoms with van der Waals surface area (Å²) in [6.07, 6.45) is -6.12. The molecule has 1 aliphatic heterocycles. The largest absolute Gasteiger partial charge is 0.481 e. The summed E-state index contributed by atoms with van der Waals surface area (Å²) in [6.45, 7) is 1.43. The van der Waals surface area contributed by atoms with Gasteiger partial charge in [-0.25, -0.2) is 0 Å². The van der Waals surface area contributed by atoms with Crippen LogP contribution in [-0.4, -0.2) is 86.1 Å². The van der Waals surface area contributed by atoms with Gasteiger partial charge in [-0.2, -0.15) is 0 Å². The minimum Gasteiger partial charge on any atom is -0.481 e. The van der Waals surface area contributed by atoms with Gasteiger partial charge in [0.25, 0.3) is 0 Å². The number of hydrogen-bond acceptors (Lipinski definition) is 8. The number of unbranched alkanes of at least 4 members (excludes halogenated alkanes) is 2. The van der Waals surface area contributed by atoms with E-state index in [-0.39, 0.29) is 6.42 Å². The predicted octanol–water partition coefficient (Wildman–Crippen LogP) is -1.02. The SMILES string of the molecule is CCCCCC(O)CC(CC(=O)O)OC1OC(CO)C(O)C(O)C1O. The van der Waals surface area contributed by atoms with Crippen LogP contribution in [0.4, 0.5) is 0 Å². The Kier molecular flexibility index (Phi) is 9.80. The van der Waals surface area contributed by atoms with Gasteiger partial charge in [0.15, 0.2) is 6.29 Å². The first-order valence-electron chi connectivity index (χ1n) is 8.65. The fraction of sp³-hybridized carbons (Fsp3) is 0.938. The highest BCUT2D eigenvalue weighted by atomic mass is 16.7. The molecule has 148 valence electrons. The molecule has 1 saturated heterocycles. The minimum atomic E-state index is -1.61. The van der Waals surface area contributed by atoms with Crippen LogP contribution in [0.1, 0.15) is 45.4 Å². The zero-order chi connectivity index (χ0) is 19.0. The average Bonchev–Trinajstić information content (AvgIpc) is 2.55. The first-order chi connectivity index (χ1) is 11.8. The molecule has 7 atom stereocenters. The zero-order valence-electron chi connectivity index (χ0n) is 14.4. The third kappa shape index (κ3) is 7.14. The number of carboxylic acids is 1. The average molecular weight is 366 g/mol.